The molecule has 1 N–H and O–H groups in total. The molecule has 0 amide bonds. The molecule has 2 aromatic heterocycles. The van der Waals surface area contributed by atoms with Gasteiger partial charge in [0.1, 0.15) is 5.82 Å². The van der Waals surface area contributed by atoms with Crippen LogP contribution in [0.2, 0.25) is 0 Å². The highest BCUT2D eigenvalue weighted by Crippen LogP contribution is 2.08. The maximum absolute atomic E-state index is 4.43. The molecule has 0 fully saturated rings. The summed E-state index contributed by atoms with van der Waals surface area (Å²) in [5.74, 6) is 1.15. The van der Waals surface area contributed by atoms with Crippen LogP contribution in [0.3, 0.4) is 0 Å². The third kappa shape index (κ3) is 4.46. The summed E-state index contributed by atoms with van der Waals surface area (Å²) in [7, 11) is 2.06. The zero-order valence-electron chi connectivity index (χ0n) is 12.4. The van der Waals surface area contributed by atoms with Gasteiger partial charge in [0.15, 0.2) is 0 Å². The molecule has 0 radical (unpaired) electrons. The molecule has 2 rings (SSSR count). The van der Waals surface area contributed by atoms with Crippen LogP contribution in [0.15, 0.2) is 36.9 Å². The van der Waals surface area contributed by atoms with Crippen molar-refractivity contribution >= 4 is 0 Å². The first-order valence-electron chi connectivity index (χ1n) is 7.38. The summed E-state index contributed by atoms with van der Waals surface area (Å²) in [5, 5.41) is 3.64. The van der Waals surface area contributed by atoms with E-state index in [2.05, 4.69) is 46.0 Å². The summed E-state index contributed by atoms with van der Waals surface area (Å²) in [6, 6.07) is 4.67. The van der Waals surface area contributed by atoms with Crippen molar-refractivity contribution in [2.75, 3.05) is 6.54 Å². The molecular formula is C16H24N4. The number of pyridine rings is 1. The van der Waals surface area contributed by atoms with Gasteiger partial charge in [-0.1, -0.05) is 6.92 Å². The molecule has 0 aliphatic rings. The van der Waals surface area contributed by atoms with Gasteiger partial charge < -0.3 is 9.88 Å². The van der Waals surface area contributed by atoms with Crippen molar-refractivity contribution in [3.63, 3.8) is 0 Å². The minimum Gasteiger partial charge on any atom is -0.338 e. The first-order valence-corrected chi connectivity index (χ1v) is 7.38. The van der Waals surface area contributed by atoms with Gasteiger partial charge >= 0.3 is 0 Å². The van der Waals surface area contributed by atoms with Crippen molar-refractivity contribution < 1.29 is 0 Å². The zero-order valence-corrected chi connectivity index (χ0v) is 12.4. The van der Waals surface area contributed by atoms with Crippen LogP contribution in [0.4, 0.5) is 0 Å². The molecule has 0 spiro atoms. The molecule has 1 atom stereocenters. The average molecular weight is 272 g/mol. The highest BCUT2D eigenvalue weighted by molar-refractivity contribution is 5.10. The van der Waals surface area contributed by atoms with Crippen LogP contribution in [0.25, 0.3) is 0 Å². The first-order chi connectivity index (χ1) is 9.79. The SMILES string of the molecule is CCCNC(CCc1ccncc1)Cc1nccn1C. The lowest BCUT2D eigenvalue weighted by Crippen LogP contribution is -2.33. The van der Waals surface area contributed by atoms with Crippen molar-refractivity contribution in [2.24, 2.45) is 7.05 Å². The van der Waals surface area contributed by atoms with Crippen molar-refractivity contribution in [3.05, 3.63) is 48.3 Å². The Bertz CT molecular complexity index is 492. The number of imidazole rings is 1. The highest BCUT2D eigenvalue weighted by Gasteiger charge is 2.11. The predicted octanol–water partition coefficient (Wildman–Crippen LogP) is 2.36. The fraction of sp³-hybridized carbons (Fsp3) is 0.500. The number of aromatic nitrogens is 3. The molecule has 20 heavy (non-hydrogen) atoms. The lowest BCUT2D eigenvalue weighted by atomic mass is 10.0. The molecule has 2 heterocycles. The monoisotopic (exact) mass is 272 g/mol. The molecule has 1 unspecified atom stereocenters. The number of hydrogen-bond acceptors (Lipinski definition) is 3. The van der Waals surface area contributed by atoms with Crippen LogP contribution in [0.1, 0.15) is 31.2 Å². The van der Waals surface area contributed by atoms with E-state index in [0.717, 1.165) is 38.1 Å². The molecular weight excluding hydrogens is 248 g/mol. The molecule has 0 saturated heterocycles. The van der Waals surface area contributed by atoms with Gasteiger partial charge in [0, 0.05) is 44.3 Å². The van der Waals surface area contributed by atoms with Gasteiger partial charge in [-0.2, -0.15) is 0 Å². The second-order valence-corrected chi connectivity index (χ2v) is 5.20. The van der Waals surface area contributed by atoms with Crippen molar-refractivity contribution in [2.45, 2.75) is 38.6 Å². The quantitative estimate of drug-likeness (QED) is 0.802. The van der Waals surface area contributed by atoms with Crippen molar-refractivity contribution in [1.29, 1.82) is 0 Å². The van der Waals surface area contributed by atoms with Crippen LogP contribution in [0.5, 0.6) is 0 Å². The summed E-state index contributed by atoms with van der Waals surface area (Å²) < 4.78 is 2.10. The van der Waals surface area contributed by atoms with Gasteiger partial charge in [-0.3, -0.25) is 4.98 Å². The van der Waals surface area contributed by atoms with Gasteiger partial charge in [0.25, 0.3) is 0 Å². The van der Waals surface area contributed by atoms with E-state index in [1.165, 1.54) is 5.56 Å². The Hall–Kier alpha value is -1.68. The number of hydrogen-bond donors (Lipinski definition) is 1. The molecule has 0 aromatic carbocycles. The summed E-state index contributed by atoms with van der Waals surface area (Å²) >= 11 is 0. The molecule has 4 heteroatoms. The first kappa shape index (κ1) is 14.7. The van der Waals surface area contributed by atoms with Crippen LogP contribution in [0, 0.1) is 0 Å². The summed E-state index contributed by atoms with van der Waals surface area (Å²) in [6.07, 6.45) is 11.9. The zero-order chi connectivity index (χ0) is 14.2. The van der Waals surface area contributed by atoms with Gasteiger partial charge in [-0.15, -0.1) is 0 Å². The second-order valence-electron chi connectivity index (χ2n) is 5.20. The highest BCUT2D eigenvalue weighted by atomic mass is 15.0. The van der Waals surface area contributed by atoms with Crippen LogP contribution in [-0.4, -0.2) is 27.1 Å². The normalized spacial score (nSPS) is 12.5. The number of nitrogens with one attached hydrogen (secondary N) is 1. The lowest BCUT2D eigenvalue weighted by Gasteiger charge is -2.18. The number of nitrogens with zero attached hydrogens (tertiary/aromatic N) is 3. The number of rotatable bonds is 8. The maximum atomic E-state index is 4.43. The maximum Gasteiger partial charge on any atom is 0.109 e. The minimum absolute atomic E-state index is 0.476. The Morgan fingerprint density at radius 3 is 2.70 bits per heavy atom. The van der Waals surface area contributed by atoms with Gasteiger partial charge in [-0.25, -0.2) is 4.98 Å². The Labute approximate surface area is 121 Å². The van der Waals surface area contributed by atoms with Crippen LogP contribution >= 0.6 is 0 Å². The largest absolute Gasteiger partial charge is 0.338 e. The van der Waals surface area contributed by atoms with E-state index in [0.29, 0.717) is 6.04 Å². The predicted molar refractivity (Wildman–Crippen MR) is 81.6 cm³/mol. The Morgan fingerprint density at radius 1 is 1.25 bits per heavy atom. The van der Waals surface area contributed by atoms with Gasteiger partial charge in [-0.05, 0) is 43.5 Å². The van der Waals surface area contributed by atoms with E-state index in [4.69, 9.17) is 0 Å². The van der Waals surface area contributed by atoms with Gasteiger partial charge in [0.05, 0.1) is 0 Å². The fourth-order valence-corrected chi connectivity index (χ4v) is 2.33. The number of aryl methyl sites for hydroxylation is 2. The Morgan fingerprint density at radius 2 is 2.05 bits per heavy atom. The molecule has 0 saturated carbocycles. The third-order valence-electron chi connectivity index (χ3n) is 3.56. The van der Waals surface area contributed by atoms with E-state index >= 15 is 0 Å². The van der Waals surface area contributed by atoms with Crippen LogP contribution < -0.4 is 5.32 Å². The summed E-state index contributed by atoms with van der Waals surface area (Å²) in [6.45, 7) is 3.26. The lowest BCUT2D eigenvalue weighted by molar-refractivity contribution is 0.464. The molecule has 4 nitrogen and oxygen atoms in total. The Balaban J connectivity index is 1.91. The van der Waals surface area contributed by atoms with E-state index in [-0.39, 0.29) is 0 Å². The van der Waals surface area contributed by atoms with E-state index in [1.54, 1.807) is 0 Å². The molecule has 108 valence electrons. The van der Waals surface area contributed by atoms with Crippen LogP contribution in [-0.2, 0) is 19.9 Å². The topological polar surface area (TPSA) is 42.7 Å². The molecule has 0 aliphatic heterocycles. The summed E-state index contributed by atoms with van der Waals surface area (Å²) in [4.78, 5) is 8.50. The van der Waals surface area contributed by atoms with Gasteiger partial charge in [0.2, 0.25) is 0 Å². The minimum atomic E-state index is 0.476. The van der Waals surface area contributed by atoms with E-state index in [9.17, 15) is 0 Å². The summed E-state index contributed by atoms with van der Waals surface area (Å²) in [5.41, 5.74) is 1.35. The van der Waals surface area contributed by atoms with E-state index < -0.39 is 0 Å². The van der Waals surface area contributed by atoms with E-state index in [1.807, 2.05) is 24.8 Å². The van der Waals surface area contributed by atoms with Crippen molar-refractivity contribution in [3.8, 4) is 0 Å². The average Bonchev–Trinajstić information content (AvgIpc) is 2.88. The second kappa shape index (κ2) is 7.80. The molecule has 0 bridgehead atoms. The third-order valence-corrected chi connectivity index (χ3v) is 3.56. The molecule has 2 aromatic rings. The standard InChI is InChI=1S/C16H24N4/c1-3-8-18-15(13-16-19-11-12-20(16)2)5-4-14-6-9-17-10-7-14/h6-7,9-12,15,18H,3-5,8,13H2,1-2H3. The molecule has 0 aliphatic carbocycles. The van der Waals surface area contributed by atoms with Crippen molar-refractivity contribution in [1.82, 2.24) is 19.9 Å². The Kier molecular flexibility index (Phi) is 5.74. The fourth-order valence-electron chi connectivity index (χ4n) is 2.33. The smallest absolute Gasteiger partial charge is 0.109 e.